The Bertz CT molecular complexity index is 474. The number of hydrogen-bond donors (Lipinski definition) is 1. The molecule has 0 saturated heterocycles. The Balaban J connectivity index is 0.00000324. The summed E-state index contributed by atoms with van der Waals surface area (Å²) >= 11 is 0. The summed E-state index contributed by atoms with van der Waals surface area (Å²) in [4.78, 5) is 0. The van der Waals surface area contributed by atoms with Crippen molar-refractivity contribution in [2.75, 3.05) is 23.7 Å². The first kappa shape index (κ1) is 18.0. The van der Waals surface area contributed by atoms with Crippen molar-refractivity contribution in [2.45, 2.75) is 20.0 Å². The molecular formula is C12H21ClN2O3S. The molecule has 0 atom stereocenters. The zero-order valence-electron chi connectivity index (χ0n) is 11.4. The Kier molecular flexibility index (Phi) is 7.18. The van der Waals surface area contributed by atoms with Crippen LogP contribution in [-0.4, -0.2) is 33.9 Å². The summed E-state index contributed by atoms with van der Waals surface area (Å²) in [6.45, 7) is 3.98. The minimum absolute atomic E-state index is 0. The van der Waals surface area contributed by atoms with Gasteiger partial charge in [0.25, 0.3) is 0 Å². The van der Waals surface area contributed by atoms with Gasteiger partial charge in [0, 0.05) is 13.6 Å². The molecule has 19 heavy (non-hydrogen) atoms. The van der Waals surface area contributed by atoms with E-state index in [2.05, 4.69) is 0 Å². The lowest BCUT2D eigenvalue weighted by Crippen LogP contribution is -2.31. The number of anilines is 1. The van der Waals surface area contributed by atoms with Gasteiger partial charge in [-0.05, 0) is 38.1 Å². The van der Waals surface area contributed by atoms with Gasteiger partial charge in [0.05, 0.1) is 17.5 Å². The highest BCUT2D eigenvalue weighted by Crippen LogP contribution is 2.21. The lowest BCUT2D eigenvalue weighted by atomic mass is 10.3. The van der Waals surface area contributed by atoms with Crippen molar-refractivity contribution >= 4 is 28.1 Å². The van der Waals surface area contributed by atoms with Crippen molar-refractivity contribution in [3.8, 4) is 5.75 Å². The molecule has 1 rings (SSSR count). The molecule has 0 aliphatic heterocycles. The zero-order chi connectivity index (χ0) is 13.8. The lowest BCUT2D eigenvalue weighted by molar-refractivity contribution is 0.242. The highest BCUT2D eigenvalue weighted by atomic mass is 35.5. The molecule has 5 nitrogen and oxygen atoms in total. The van der Waals surface area contributed by atoms with Gasteiger partial charge >= 0.3 is 0 Å². The van der Waals surface area contributed by atoms with Crippen LogP contribution in [0.25, 0.3) is 0 Å². The van der Waals surface area contributed by atoms with Crippen LogP contribution in [0, 0.1) is 0 Å². The predicted molar refractivity (Wildman–Crippen MR) is 80.7 cm³/mol. The number of benzene rings is 1. The van der Waals surface area contributed by atoms with Crippen LogP contribution in [0.1, 0.15) is 13.8 Å². The van der Waals surface area contributed by atoms with Crippen LogP contribution in [-0.2, 0) is 10.0 Å². The highest BCUT2D eigenvalue weighted by molar-refractivity contribution is 7.92. The SMILES string of the molecule is CC(C)Oc1ccc(N(C)S(=O)(=O)CCN)cc1.Cl. The van der Waals surface area contributed by atoms with Gasteiger partial charge in [-0.1, -0.05) is 0 Å². The van der Waals surface area contributed by atoms with E-state index in [-0.39, 0.29) is 30.8 Å². The van der Waals surface area contributed by atoms with Crippen LogP contribution in [0.2, 0.25) is 0 Å². The third kappa shape index (κ3) is 5.26. The summed E-state index contributed by atoms with van der Waals surface area (Å²) in [5.74, 6) is 0.659. The molecule has 0 radical (unpaired) electrons. The summed E-state index contributed by atoms with van der Waals surface area (Å²) in [7, 11) is -1.81. The number of rotatable bonds is 6. The second-order valence-corrected chi connectivity index (χ2v) is 6.35. The van der Waals surface area contributed by atoms with E-state index in [1.54, 1.807) is 24.3 Å². The Labute approximate surface area is 121 Å². The normalized spacial score (nSPS) is 11.0. The minimum atomic E-state index is -3.33. The van der Waals surface area contributed by atoms with Crippen molar-refractivity contribution in [2.24, 2.45) is 5.73 Å². The van der Waals surface area contributed by atoms with Gasteiger partial charge in [-0.25, -0.2) is 8.42 Å². The maximum atomic E-state index is 11.8. The summed E-state index contributed by atoms with van der Waals surface area (Å²) in [5.41, 5.74) is 5.88. The molecule has 0 fully saturated rings. The number of hydrogen-bond acceptors (Lipinski definition) is 4. The number of nitrogens with two attached hydrogens (primary N) is 1. The van der Waals surface area contributed by atoms with Crippen molar-refractivity contribution in [1.29, 1.82) is 0 Å². The van der Waals surface area contributed by atoms with E-state index in [1.165, 1.54) is 11.4 Å². The summed E-state index contributed by atoms with van der Waals surface area (Å²) in [5, 5.41) is 0. The molecule has 0 unspecified atom stereocenters. The first-order valence-corrected chi connectivity index (χ1v) is 7.41. The average molecular weight is 309 g/mol. The highest BCUT2D eigenvalue weighted by Gasteiger charge is 2.17. The second-order valence-electron chi connectivity index (χ2n) is 4.23. The van der Waals surface area contributed by atoms with Crippen LogP contribution >= 0.6 is 12.4 Å². The molecule has 0 aromatic heterocycles. The third-order valence-electron chi connectivity index (χ3n) is 2.37. The molecule has 0 saturated carbocycles. The van der Waals surface area contributed by atoms with Crippen molar-refractivity contribution in [3.05, 3.63) is 24.3 Å². The molecule has 0 spiro atoms. The summed E-state index contributed by atoms with van der Waals surface area (Å²) in [6.07, 6.45) is 0.0922. The van der Waals surface area contributed by atoms with Crippen molar-refractivity contribution in [3.63, 3.8) is 0 Å². The third-order valence-corrected chi connectivity index (χ3v) is 4.16. The number of halogens is 1. The average Bonchev–Trinajstić information content (AvgIpc) is 2.28. The van der Waals surface area contributed by atoms with Crippen LogP contribution in [0.3, 0.4) is 0 Å². The maximum Gasteiger partial charge on any atom is 0.236 e. The topological polar surface area (TPSA) is 72.6 Å². The van der Waals surface area contributed by atoms with Crippen LogP contribution in [0.4, 0.5) is 5.69 Å². The molecule has 1 aromatic carbocycles. The second kappa shape index (κ2) is 7.57. The van der Waals surface area contributed by atoms with Gasteiger partial charge in [-0.3, -0.25) is 4.31 Å². The van der Waals surface area contributed by atoms with Gasteiger partial charge in [0.15, 0.2) is 0 Å². The van der Waals surface area contributed by atoms with Gasteiger partial charge in [0.2, 0.25) is 10.0 Å². The number of sulfonamides is 1. The molecule has 0 aliphatic carbocycles. The van der Waals surface area contributed by atoms with Gasteiger partial charge in [-0.2, -0.15) is 0 Å². The lowest BCUT2D eigenvalue weighted by Gasteiger charge is -2.19. The van der Waals surface area contributed by atoms with E-state index < -0.39 is 10.0 Å². The Morgan fingerprint density at radius 3 is 2.21 bits per heavy atom. The van der Waals surface area contributed by atoms with Crippen LogP contribution < -0.4 is 14.8 Å². The fourth-order valence-corrected chi connectivity index (χ4v) is 2.47. The van der Waals surface area contributed by atoms with Gasteiger partial charge in [-0.15, -0.1) is 12.4 Å². The zero-order valence-corrected chi connectivity index (χ0v) is 13.0. The standard InChI is InChI=1S/C12H20N2O3S.ClH/c1-10(2)17-12-6-4-11(5-7-12)14(3)18(15,16)9-8-13;/h4-7,10H,8-9,13H2,1-3H3;1H. The van der Waals surface area contributed by atoms with Crippen LogP contribution in [0.15, 0.2) is 24.3 Å². The first-order valence-electron chi connectivity index (χ1n) is 5.80. The summed E-state index contributed by atoms with van der Waals surface area (Å²) < 4.78 is 30.3. The molecule has 0 aliphatic rings. The van der Waals surface area contributed by atoms with Crippen molar-refractivity contribution < 1.29 is 13.2 Å². The molecular weight excluding hydrogens is 288 g/mol. The van der Waals surface area contributed by atoms with Gasteiger partial charge in [0.1, 0.15) is 5.75 Å². The van der Waals surface area contributed by atoms with E-state index in [9.17, 15) is 8.42 Å². The number of ether oxygens (including phenoxy) is 1. The molecule has 110 valence electrons. The fraction of sp³-hybridized carbons (Fsp3) is 0.500. The molecule has 1 aromatic rings. The van der Waals surface area contributed by atoms with E-state index >= 15 is 0 Å². The molecule has 7 heteroatoms. The van der Waals surface area contributed by atoms with E-state index in [0.29, 0.717) is 5.69 Å². The molecule has 0 bridgehead atoms. The summed E-state index contributed by atoms with van der Waals surface area (Å²) in [6, 6.07) is 6.94. The first-order chi connectivity index (χ1) is 8.36. The quantitative estimate of drug-likeness (QED) is 0.867. The molecule has 2 N–H and O–H groups in total. The smallest absolute Gasteiger partial charge is 0.236 e. The maximum absolute atomic E-state index is 11.8. The minimum Gasteiger partial charge on any atom is -0.491 e. The number of nitrogens with zero attached hydrogens (tertiary/aromatic N) is 1. The van der Waals surface area contributed by atoms with Crippen molar-refractivity contribution in [1.82, 2.24) is 0 Å². The van der Waals surface area contributed by atoms with Crippen LogP contribution in [0.5, 0.6) is 5.75 Å². The monoisotopic (exact) mass is 308 g/mol. The predicted octanol–water partition coefficient (Wildman–Crippen LogP) is 1.62. The van der Waals surface area contributed by atoms with E-state index in [4.69, 9.17) is 10.5 Å². The molecule has 0 amide bonds. The van der Waals surface area contributed by atoms with Gasteiger partial charge < -0.3 is 10.5 Å². The van der Waals surface area contributed by atoms with E-state index in [1.807, 2.05) is 13.8 Å². The largest absolute Gasteiger partial charge is 0.491 e. The fourth-order valence-electron chi connectivity index (χ4n) is 1.45. The molecule has 0 heterocycles. The van der Waals surface area contributed by atoms with E-state index in [0.717, 1.165) is 5.75 Å². The Hall–Kier alpha value is -0.980. The Morgan fingerprint density at radius 2 is 1.79 bits per heavy atom. The Morgan fingerprint density at radius 1 is 1.26 bits per heavy atom.